The Morgan fingerprint density at radius 2 is 1.69 bits per heavy atom. The molecular formula is C17H19FN2O5S. The molecule has 0 saturated heterocycles. The van der Waals surface area contributed by atoms with E-state index in [2.05, 4.69) is 5.32 Å². The number of anilines is 2. The normalized spacial score (nSPS) is 10.9. The summed E-state index contributed by atoms with van der Waals surface area (Å²) in [6.07, 6.45) is 0.972. The molecule has 9 heteroatoms. The van der Waals surface area contributed by atoms with E-state index >= 15 is 0 Å². The lowest BCUT2D eigenvalue weighted by Gasteiger charge is -2.22. The highest BCUT2D eigenvalue weighted by Gasteiger charge is 2.21. The fraction of sp³-hybridized carbons (Fsp3) is 0.235. The zero-order chi connectivity index (χ0) is 19.3. The highest BCUT2D eigenvalue weighted by atomic mass is 32.2. The summed E-state index contributed by atoms with van der Waals surface area (Å²) < 4.78 is 48.2. The second-order valence-corrected chi connectivity index (χ2v) is 7.27. The number of benzene rings is 2. The van der Waals surface area contributed by atoms with Gasteiger partial charge in [0.25, 0.3) is 0 Å². The molecule has 1 amide bonds. The lowest BCUT2D eigenvalue weighted by Crippen LogP contribution is -2.37. The minimum Gasteiger partial charge on any atom is -0.493 e. The summed E-state index contributed by atoms with van der Waals surface area (Å²) in [6, 6.07) is 9.60. The van der Waals surface area contributed by atoms with Gasteiger partial charge in [-0.3, -0.25) is 9.10 Å². The molecular weight excluding hydrogens is 363 g/mol. The van der Waals surface area contributed by atoms with E-state index < -0.39 is 28.3 Å². The largest absolute Gasteiger partial charge is 0.493 e. The maximum atomic E-state index is 13.1. The number of carbonyl (C=O) groups excluding carboxylic acids is 1. The molecule has 0 atom stereocenters. The fourth-order valence-electron chi connectivity index (χ4n) is 2.25. The summed E-state index contributed by atoms with van der Waals surface area (Å²) in [5, 5.41) is 2.60. The molecule has 0 heterocycles. The number of nitrogens with one attached hydrogen (secondary N) is 1. The van der Waals surface area contributed by atoms with Crippen LogP contribution in [0.3, 0.4) is 0 Å². The van der Waals surface area contributed by atoms with Crippen LogP contribution in [-0.4, -0.2) is 41.3 Å². The maximum absolute atomic E-state index is 13.1. The number of sulfonamides is 1. The van der Waals surface area contributed by atoms with E-state index in [0.717, 1.165) is 22.7 Å². The standard InChI is InChI=1S/C17H19FN2O5S/c1-24-15-9-6-13(10-16(15)25-2)19-17(21)11-20(26(3,22)23)14-7-4-12(18)5-8-14/h4-10H,11H2,1-3H3,(H,19,21). The Labute approximate surface area is 151 Å². The van der Waals surface area contributed by atoms with Crippen LogP contribution in [0.25, 0.3) is 0 Å². The molecule has 0 spiro atoms. The molecule has 7 nitrogen and oxygen atoms in total. The van der Waals surface area contributed by atoms with Gasteiger partial charge < -0.3 is 14.8 Å². The average molecular weight is 382 g/mol. The van der Waals surface area contributed by atoms with Gasteiger partial charge in [0.15, 0.2) is 11.5 Å². The lowest BCUT2D eigenvalue weighted by molar-refractivity contribution is -0.114. The minimum absolute atomic E-state index is 0.191. The Hall–Kier alpha value is -2.81. The molecule has 0 fully saturated rings. The third kappa shape index (κ3) is 4.85. The number of ether oxygens (including phenoxy) is 2. The Balaban J connectivity index is 2.19. The molecule has 0 aliphatic heterocycles. The summed E-state index contributed by atoms with van der Waals surface area (Å²) in [4.78, 5) is 12.3. The van der Waals surface area contributed by atoms with Crippen LogP contribution in [0.5, 0.6) is 11.5 Å². The second-order valence-electron chi connectivity index (χ2n) is 5.36. The topological polar surface area (TPSA) is 84.9 Å². The Morgan fingerprint density at radius 1 is 1.08 bits per heavy atom. The summed E-state index contributed by atoms with van der Waals surface area (Å²) in [6.45, 7) is -0.460. The van der Waals surface area contributed by atoms with E-state index in [1.54, 1.807) is 18.2 Å². The number of nitrogens with zero attached hydrogens (tertiary/aromatic N) is 1. The van der Waals surface area contributed by atoms with Crippen molar-refractivity contribution in [3.8, 4) is 11.5 Å². The van der Waals surface area contributed by atoms with Crippen molar-refractivity contribution in [1.29, 1.82) is 0 Å². The zero-order valence-corrected chi connectivity index (χ0v) is 15.3. The summed E-state index contributed by atoms with van der Waals surface area (Å²) in [5.74, 6) is -0.151. The first-order chi connectivity index (χ1) is 12.2. The van der Waals surface area contributed by atoms with Gasteiger partial charge in [0, 0.05) is 11.8 Å². The monoisotopic (exact) mass is 382 g/mol. The fourth-order valence-corrected chi connectivity index (χ4v) is 3.11. The van der Waals surface area contributed by atoms with Crippen LogP contribution in [-0.2, 0) is 14.8 Å². The van der Waals surface area contributed by atoms with E-state index in [4.69, 9.17) is 9.47 Å². The van der Waals surface area contributed by atoms with Crippen molar-refractivity contribution in [2.45, 2.75) is 0 Å². The van der Waals surface area contributed by atoms with Crippen LogP contribution in [0.2, 0.25) is 0 Å². The first-order valence-electron chi connectivity index (χ1n) is 7.49. The van der Waals surface area contributed by atoms with Gasteiger partial charge in [0.05, 0.1) is 26.2 Å². The van der Waals surface area contributed by atoms with Gasteiger partial charge >= 0.3 is 0 Å². The number of carbonyl (C=O) groups is 1. The van der Waals surface area contributed by atoms with Gasteiger partial charge in [0.1, 0.15) is 12.4 Å². The SMILES string of the molecule is COc1ccc(NC(=O)CN(c2ccc(F)cc2)S(C)(=O)=O)cc1OC. The van der Waals surface area contributed by atoms with E-state index in [1.165, 1.54) is 26.4 Å². The van der Waals surface area contributed by atoms with Crippen LogP contribution >= 0.6 is 0 Å². The molecule has 0 aliphatic carbocycles. The van der Waals surface area contributed by atoms with E-state index in [-0.39, 0.29) is 5.69 Å². The molecule has 26 heavy (non-hydrogen) atoms. The molecule has 2 aromatic rings. The average Bonchev–Trinajstić information content (AvgIpc) is 2.59. The van der Waals surface area contributed by atoms with Crippen LogP contribution < -0.4 is 19.1 Å². The molecule has 2 aromatic carbocycles. The van der Waals surface area contributed by atoms with Crippen LogP contribution in [0, 0.1) is 5.82 Å². The van der Waals surface area contributed by atoms with E-state index in [0.29, 0.717) is 17.2 Å². The molecule has 0 saturated carbocycles. The van der Waals surface area contributed by atoms with Crippen molar-refractivity contribution in [3.05, 3.63) is 48.3 Å². The third-order valence-corrected chi connectivity index (χ3v) is 4.61. The molecule has 0 aliphatic rings. The lowest BCUT2D eigenvalue weighted by atomic mass is 10.2. The first kappa shape index (κ1) is 19.5. The van der Waals surface area contributed by atoms with Crippen molar-refractivity contribution in [3.63, 3.8) is 0 Å². The van der Waals surface area contributed by atoms with Gasteiger partial charge in [-0.1, -0.05) is 0 Å². The molecule has 0 bridgehead atoms. The van der Waals surface area contributed by atoms with Crippen LogP contribution in [0.4, 0.5) is 15.8 Å². The van der Waals surface area contributed by atoms with Crippen molar-refractivity contribution in [2.75, 3.05) is 36.6 Å². The quantitative estimate of drug-likeness (QED) is 0.794. The molecule has 0 unspecified atom stereocenters. The Morgan fingerprint density at radius 3 is 2.23 bits per heavy atom. The second kappa shape index (κ2) is 8.05. The number of rotatable bonds is 7. The maximum Gasteiger partial charge on any atom is 0.245 e. The summed E-state index contributed by atoms with van der Waals surface area (Å²) in [7, 11) is -0.786. The highest BCUT2D eigenvalue weighted by Crippen LogP contribution is 2.29. The molecule has 0 radical (unpaired) electrons. The van der Waals surface area contributed by atoms with E-state index in [9.17, 15) is 17.6 Å². The Kier molecular flexibility index (Phi) is 6.04. The van der Waals surface area contributed by atoms with Gasteiger partial charge in [-0.2, -0.15) is 0 Å². The van der Waals surface area contributed by atoms with Crippen molar-refractivity contribution >= 4 is 27.3 Å². The minimum atomic E-state index is -3.74. The number of hydrogen-bond donors (Lipinski definition) is 1. The molecule has 0 aromatic heterocycles. The summed E-state index contributed by atoms with van der Waals surface area (Å²) >= 11 is 0. The van der Waals surface area contributed by atoms with Gasteiger partial charge in [0.2, 0.25) is 15.9 Å². The molecule has 140 valence electrons. The first-order valence-corrected chi connectivity index (χ1v) is 9.34. The van der Waals surface area contributed by atoms with Crippen LogP contribution in [0.1, 0.15) is 0 Å². The number of hydrogen-bond acceptors (Lipinski definition) is 5. The van der Waals surface area contributed by atoms with Gasteiger partial charge in [-0.05, 0) is 36.4 Å². The number of halogens is 1. The smallest absolute Gasteiger partial charge is 0.245 e. The van der Waals surface area contributed by atoms with Crippen LogP contribution in [0.15, 0.2) is 42.5 Å². The summed E-state index contributed by atoms with van der Waals surface area (Å²) in [5.41, 5.74) is 0.608. The van der Waals surface area contributed by atoms with Crippen molar-refractivity contribution in [1.82, 2.24) is 0 Å². The number of methoxy groups -OCH3 is 2. The van der Waals surface area contributed by atoms with E-state index in [1.807, 2.05) is 0 Å². The predicted octanol–water partition coefficient (Wildman–Crippen LogP) is 2.25. The highest BCUT2D eigenvalue weighted by molar-refractivity contribution is 7.92. The van der Waals surface area contributed by atoms with Gasteiger partial charge in [-0.25, -0.2) is 12.8 Å². The molecule has 1 N–H and O–H groups in total. The zero-order valence-electron chi connectivity index (χ0n) is 14.5. The van der Waals surface area contributed by atoms with Crippen molar-refractivity contribution < 1.29 is 27.1 Å². The predicted molar refractivity (Wildman–Crippen MR) is 96.8 cm³/mol. The van der Waals surface area contributed by atoms with Gasteiger partial charge in [-0.15, -0.1) is 0 Å². The number of amides is 1. The Bertz CT molecular complexity index is 885. The molecule has 2 rings (SSSR count). The van der Waals surface area contributed by atoms with Crippen molar-refractivity contribution in [2.24, 2.45) is 0 Å². The third-order valence-electron chi connectivity index (χ3n) is 3.47.